The second-order valence-corrected chi connectivity index (χ2v) is 10.4. The predicted molar refractivity (Wildman–Crippen MR) is 143 cm³/mol. The number of nitrogens with two attached hydrogens (primary N) is 1. The molecule has 1 aliphatic rings. The fraction of sp³-hybridized carbons (Fsp3) is 0.241. The number of alkyl halides is 6. The van der Waals surface area contributed by atoms with Gasteiger partial charge in [-0.1, -0.05) is 18.2 Å². The van der Waals surface area contributed by atoms with Gasteiger partial charge in [-0.25, -0.2) is 14.1 Å². The molecule has 2 aromatic heterocycles. The summed E-state index contributed by atoms with van der Waals surface area (Å²) in [6.07, 6.45) is -10.1. The summed E-state index contributed by atoms with van der Waals surface area (Å²) in [5, 5.41) is 16.2. The lowest BCUT2D eigenvalue weighted by Gasteiger charge is -2.31. The van der Waals surface area contributed by atoms with Crippen molar-refractivity contribution in [2.45, 2.75) is 30.3 Å². The molecule has 4 aromatic rings. The van der Waals surface area contributed by atoms with Gasteiger partial charge in [0, 0.05) is 17.3 Å². The van der Waals surface area contributed by atoms with Crippen LogP contribution in [0.4, 0.5) is 30.7 Å². The van der Waals surface area contributed by atoms with Gasteiger partial charge in [0.2, 0.25) is 11.5 Å². The minimum absolute atomic E-state index is 0.0416. The quantitative estimate of drug-likeness (QED) is 0.258. The third-order valence-corrected chi connectivity index (χ3v) is 7.38. The zero-order valence-corrected chi connectivity index (χ0v) is 23.0. The number of aliphatic hydroxyl groups is 1. The summed E-state index contributed by atoms with van der Waals surface area (Å²) in [5.74, 6) is -3.44. The van der Waals surface area contributed by atoms with E-state index < -0.39 is 71.1 Å². The number of pyridine rings is 1. The lowest BCUT2D eigenvalue weighted by atomic mass is 9.81. The van der Waals surface area contributed by atoms with Gasteiger partial charge < -0.3 is 20.9 Å². The number of carbonyl (C=O) groups is 2. The monoisotopic (exact) mass is 637 g/mol. The van der Waals surface area contributed by atoms with E-state index in [0.29, 0.717) is 6.20 Å². The van der Waals surface area contributed by atoms with Crippen molar-refractivity contribution < 1.29 is 50.2 Å². The number of hydrogen-bond donors (Lipinski definition) is 3. The van der Waals surface area contributed by atoms with Crippen LogP contribution in [-0.4, -0.2) is 51.0 Å². The van der Waals surface area contributed by atoms with E-state index in [-0.39, 0.29) is 28.3 Å². The Balaban J connectivity index is 1.59. The van der Waals surface area contributed by atoms with Crippen LogP contribution in [0.2, 0.25) is 0 Å². The number of benzene rings is 2. The molecule has 9 nitrogen and oxygen atoms in total. The molecular formula is C29H22F7N5O4. The molecule has 0 saturated heterocycles. The van der Waals surface area contributed by atoms with Crippen LogP contribution in [-0.2, 0) is 22.0 Å². The summed E-state index contributed by atoms with van der Waals surface area (Å²) in [4.78, 5) is 29.3. The number of amides is 2. The molecule has 1 unspecified atom stereocenters. The number of ether oxygens (including phenoxy) is 1. The highest BCUT2D eigenvalue weighted by molar-refractivity contribution is 5.95. The highest BCUT2D eigenvalue weighted by atomic mass is 19.4. The van der Waals surface area contributed by atoms with Crippen molar-refractivity contribution in [3.8, 4) is 22.7 Å². The number of fused-ring (bicyclic) bond motifs is 1. The third kappa shape index (κ3) is 5.56. The number of hydrogen-bond acceptors (Lipinski definition) is 6. The summed E-state index contributed by atoms with van der Waals surface area (Å²) >= 11 is 0. The summed E-state index contributed by atoms with van der Waals surface area (Å²) in [5.41, 5.74) is -4.43. The van der Waals surface area contributed by atoms with Crippen LogP contribution >= 0.6 is 0 Å². The largest absolute Gasteiger partial charge is 0.489 e. The zero-order chi connectivity index (χ0) is 32.9. The van der Waals surface area contributed by atoms with E-state index in [9.17, 15) is 45.4 Å². The van der Waals surface area contributed by atoms with Crippen LogP contribution < -0.4 is 15.8 Å². The molecule has 0 aliphatic carbocycles. The lowest BCUT2D eigenvalue weighted by molar-refractivity contribution is -0.265. The summed E-state index contributed by atoms with van der Waals surface area (Å²) in [6.45, 7) is -0.813. The Hall–Kier alpha value is -4.99. The molecule has 0 spiro atoms. The fourth-order valence-corrected chi connectivity index (χ4v) is 4.70. The molecular weight excluding hydrogens is 615 g/mol. The van der Waals surface area contributed by atoms with Gasteiger partial charge in [-0.15, -0.1) is 0 Å². The highest BCUT2D eigenvalue weighted by Crippen LogP contribution is 2.47. The van der Waals surface area contributed by atoms with Crippen LogP contribution in [0.25, 0.3) is 16.9 Å². The molecule has 2 aromatic carbocycles. The third-order valence-electron chi connectivity index (χ3n) is 7.38. The molecule has 0 saturated carbocycles. The highest BCUT2D eigenvalue weighted by Gasteiger charge is 2.58. The number of aromatic nitrogens is 3. The van der Waals surface area contributed by atoms with Crippen molar-refractivity contribution >= 4 is 11.8 Å². The second-order valence-electron chi connectivity index (χ2n) is 10.4. The zero-order valence-electron chi connectivity index (χ0n) is 23.0. The maximum atomic E-state index is 14.6. The molecule has 4 N–H and O–H groups in total. The molecule has 5 rings (SSSR count). The standard InChI is InChI=1S/C29H22F7N5O4/c1-26(25(37)43)14-45-22-19(26)11-20(39-21(22)15-7-9-16(30)10-8-15)27(44,29(34,35)36)13-38-24(42)18-12-41(17-5-3-2-4-6-17)40-23(18)28(31,32)33/h2-12,44H,13-14H2,1H3,(H2,37,43)(H,38,42)/t26-,27?/m0/s1. The molecule has 3 heterocycles. The molecule has 2 atom stereocenters. The van der Waals surface area contributed by atoms with Crippen molar-refractivity contribution in [2.24, 2.45) is 5.73 Å². The Labute approximate surface area is 249 Å². The summed E-state index contributed by atoms with van der Waals surface area (Å²) in [6, 6.07) is 12.4. The molecule has 16 heteroatoms. The molecule has 236 valence electrons. The van der Waals surface area contributed by atoms with Crippen molar-refractivity contribution in [1.82, 2.24) is 20.1 Å². The van der Waals surface area contributed by atoms with E-state index in [4.69, 9.17) is 10.5 Å². The minimum Gasteiger partial charge on any atom is -0.489 e. The average Bonchev–Trinajstić information content (AvgIpc) is 3.59. The van der Waals surface area contributed by atoms with Crippen molar-refractivity contribution in [2.75, 3.05) is 13.2 Å². The topological polar surface area (TPSA) is 132 Å². The first-order valence-corrected chi connectivity index (χ1v) is 13.0. The first kappa shape index (κ1) is 31.4. The van der Waals surface area contributed by atoms with Gasteiger partial charge in [-0.2, -0.15) is 31.4 Å². The number of carbonyl (C=O) groups excluding carboxylic acids is 2. The van der Waals surface area contributed by atoms with Crippen molar-refractivity contribution in [3.05, 3.63) is 95.2 Å². The van der Waals surface area contributed by atoms with Gasteiger partial charge in [0.25, 0.3) is 5.91 Å². The Kier molecular flexibility index (Phi) is 7.59. The Morgan fingerprint density at radius 3 is 2.29 bits per heavy atom. The predicted octanol–water partition coefficient (Wildman–Crippen LogP) is 4.41. The van der Waals surface area contributed by atoms with Crippen molar-refractivity contribution in [3.63, 3.8) is 0 Å². The molecule has 0 radical (unpaired) electrons. The number of para-hydroxylation sites is 1. The molecule has 45 heavy (non-hydrogen) atoms. The maximum Gasteiger partial charge on any atom is 0.435 e. The van der Waals surface area contributed by atoms with Gasteiger partial charge in [0.1, 0.15) is 29.3 Å². The van der Waals surface area contributed by atoms with Crippen LogP contribution in [0.1, 0.15) is 34.2 Å². The first-order valence-electron chi connectivity index (χ1n) is 13.0. The smallest absolute Gasteiger partial charge is 0.435 e. The van der Waals surface area contributed by atoms with Gasteiger partial charge >= 0.3 is 12.4 Å². The Morgan fingerprint density at radius 1 is 1.07 bits per heavy atom. The minimum atomic E-state index is -5.58. The SMILES string of the molecule is C[C@]1(C(N)=O)COc2c1cc(C(O)(CNC(=O)c1cn(-c3ccccc3)nc1C(F)(F)F)C(F)(F)F)nc2-c1ccc(F)cc1. The van der Waals surface area contributed by atoms with Gasteiger partial charge in [-0.05, 0) is 49.4 Å². The van der Waals surface area contributed by atoms with E-state index in [1.54, 1.807) is 11.4 Å². The van der Waals surface area contributed by atoms with Gasteiger partial charge in [0.05, 0.1) is 23.5 Å². The molecule has 0 fully saturated rings. The van der Waals surface area contributed by atoms with E-state index >= 15 is 0 Å². The van der Waals surface area contributed by atoms with E-state index in [1.165, 1.54) is 43.3 Å². The summed E-state index contributed by atoms with van der Waals surface area (Å²) in [7, 11) is 0. The number of halogens is 7. The summed E-state index contributed by atoms with van der Waals surface area (Å²) < 4.78 is 105. The van der Waals surface area contributed by atoms with E-state index in [1.807, 2.05) is 0 Å². The second kappa shape index (κ2) is 10.9. The fourth-order valence-electron chi connectivity index (χ4n) is 4.70. The van der Waals surface area contributed by atoms with E-state index in [0.717, 1.165) is 22.9 Å². The maximum absolute atomic E-state index is 14.6. The number of primary amides is 1. The van der Waals surface area contributed by atoms with Gasteiger partial charge in [-0.3, -0.25) is 9.59 Å². The molecule has 2 amide bonds. The molecule has 0 bridgehead atoms. The van der Waals surface area contributed by atoms with Gasteiger partial charge in [0.15, 0.2) is 5.69 Å². The first-order chi connectivity index (χ1) is 21.0. The number of rotatable bonds is 7. The van der Waals surface area contributed by atoms with Crippen LogP contribution in [0.3, 0.4) is 0 Å². The Morgan fingerprint density at radius 2 is 1.71 bits per heavy atom. The van der Waals surface area contributed by atoms with E-state index in [2.05, 4.69) is 10.1 Å². The Bertz CT molecular complexity index is 1770. The van der Waals surface area contributed by atoms with Crippen molar-refractivity contribution in [1.29, 1.82) is 0 Å². The van der Waals surface area contributed by atoms with Crippen LogP contribution in [0, 0.1) is 5.82 Å². The average molecular weight is 638 g/mol. The lowest BCUT2D eigenvalue weighted by Crippen LogP contribution is -2.52. The van der Waals surface area contributed by atoms with Crippen LogP contribution in [0.15, 0.2) is 66.9 Å². The normalized spacial score (nSPS) is 17.7. The molecule has 1 aliphatic heterocycles. The number of nitrogens with one attached hydrogen (secondary N) is 1. The number of nitrogens with zero attached hydrogens (tertiary/aromatic N) is 3. The van der Waals surface area contributed by atoms with Crippen LogP contribution in [0.5, 0.6) is 5.75 Å².